The number of aliphatic carboxylic acids is 1. The SMILES string of the molecule is CC(C)(Oc1ccc(CCSOc2cc(C(C)(C)C)c(O)c(C(C)(C)C)c2)cc1)C(=O)O. The van der Waals surface area contributed by atoms with Gasteiger partial charge in [0.25, 0.3) is 0 Å². The summed E-state index contributed by atoms with van der Waals surface area (Å²) < 4.78 is 11.5. The molecule has 0 aliphatic carbocycles. The van der Waals surface area contributed by atoms with Crippen LogP contribution in [0.25, 0.3) is 0 Å². The molecule has 6 heteroatoms. The molecule has 2 N–H and O–H groups in total. The number of ether oxygens (including phenoxy) is 1. The highest BCUT2D eigenvalue weighted by Gasteiger charge is 2.29. The second kappa shape index (κ2) is 9.65. The molecule has 32 heavy (non-hydrogen) atoms. The van der Waals surface area contributed by atoms with E-state index < -0.39 is 11.6 Å². The third kappa shape index (κ3) is 6.83. The van der Waals surface area contributed by atoms with E-state index in [-0.39, 0.29) is 10.8 Å². The van der Waals surface area contributed by atoms with Crippen molar-refractivity contribution >= 4 is 18.0 Å². The fraction of sp³-hybridized carbons (Fsp3) is 0.500. The van der Waals surface area contributed by atoms with Crippen molar-refractivity contribution in [3.63, 3.8) is 0 Å². The predicted octanol–water partition coefficient (Wildman–Crippen LogP) is 6.50. The van der Waals surface area contributed by atoms with E-state index in [2.05, 4.69) is 41.5 Å². The van der Waals surface area contributed by atoms with Crippen molar-refractivity contribution in [2.75, 3.05) is 5.75 Å². The summed E-state index contributed by atoms with van der Waals surface area (Å²) in [5.41, 5.74) is 1.19. The molecule has 0 saturated carbocycles. The van der Waals surface area contributed by atoms with Gasteiger partial charge in [-0.2, -0.15) is 0 Å². The summed E-state index contributed by atoms with van der Waals surface area (Å²) in [6.07, 6.45) is 0.795. The molecule has 176 valence electrons. The number of aromatic hydroxyl groups is 1. The lowest BCUT2D eigenvalue weighted by atomic mass is 9.79. The Morgan fingerprint density at radius 3 is 1.81 bits per heavy atom. The van der Waals surface area contributed by atoms with Crippen LogP contribution >= 0.6 is 12.0 Å². The maximum absolute atomic E-state index is 11.2. The largest absolute Gasteiger partial charge is 0.507 e. The van der Waals surface area contributed by atoms with Gasteiger partial charge in [0, 0.05) is 16.9 Å². The number of hydrogen-bond acceptors (Lipinski definition) is 5. The Hall–Kier alpha value is -2.34. The van der Waals surface area contributed by atoms with E-state index in [9.17, 15) is 15.0 Å². The molecule has 0 fully saturated rings. The van der Waals surface area contributed by atoms with Gasteiger partial charge < -0.3 is 19.1 Å². The zero-order valence-electron chi connectivity index (χ0n) is 20.4. The molecule has 2 aromatic rings. The van der Waals surface area contributed by atoms with Gasteiger partial charge in [-0.15, -0.1) is 0 Å². The minimum atomic E-state index is -1.27. The number of hydrogen-bond donors (Lipinski definition) is 2. The highest BCUT2D eigenvalue weighted by Crippen LogP contribution is 2.42. The van der Waals surface area contributed by atoms with Crippen LogP contribution in [0.4, 0.5) is 0 Å². The summed E-state index contributed by atoms with van der Waals surface area (Å²) in [6, 6.07) is 11.3. The molecule has 0 bridgehead atoms. The van der Waals surface area contributed by atoms with Crippen molar-refractivity contribution in [2.24, 2.45) is 0 Å². The molecule has 2 aromatic carbocycles. The first-order chi connectivity index (χ1) is 14.6. The number of phenols is 1. The Bertz CT molecular complexity index is 899. The van der Waals surface area contributed by atoms with Crippen molar-refractivity contribution in [1.82, 2.24) is 0 Å². The number of benzene rings is 2. The lowest BCUT2D eigenvalue weighted by Gasteiger charge is -2.27. The van der Waals surface area contributed by atoms with E-state index in [0.29, 0.717) is 11.5 Å². The average Bonchev–Trinajstić information content (AvgIpc) is 2.65. The third-order valence-electron chi connectivity index (χ3n) is 5.14. The molecule has 0 spiro atoms. The minimum absolute atomic E-state index is 0.201. The molecule has 0 amide bonds. The highest BCUT2D eigenvalue weighted by atomic mass is 32.2. The van der Waals surface area contributed by atoms with Crippen molar-refractivity contribution in [1.29, 1.82) is 0 Å². The average molecular weight is 461 g/mol. The quantitative estimate of drug-likeness (QED) is 0.346. The highest BCUT2D eigenvalue weighted by molar-refractivity contribution is 7.95. The molecule has 0 aromatic heterocycles. The Morgan fingerprint density at radius 1 is 0.875 bits per heavy atom. The maximum atomic E-state index is 11.2. The molecule has 0 heterocycles. The van der Waals surface area contributed by atoms with Gasteiger partial charge in [-0.05, 0) is 60.9 Å². The standard InChI is InChI=1S/C26H36O5S/c1-24(2,3)20-15-19(16-21(22(20)27)25(4,5)6)31-32-14-13-17-9-11-18(12-10-17)30-26(7,8)23(28)29/h9-12,15-16,27H,13-14H2,1-8H3,(H,28,29). The second-order valence-corrected chi connectivity index (χ2v) is 11.4. The molecular formula is C26H36O5S. The van der Waals surface area contributed by atoms with Crippen molar-refractivity contribution < 1.29 is 23.9 Å². The molecule has 0 aliphatic rings. The van der Waals surface area contributed by atoms with Gasteiger partial charge in [0.15, 0.2) is 5.60 Å². The fourth-order valence-electron chi connectivity index (χ4n) is 3.13. The summed E-state index contributed by atoms with van der Waals surface area (Å²) in [4.78, 5) is 11.2. The number of carboxylic acids is 1. The van der Waals surface area contributed by atoms with E-state index in [1.54, 1.807) is 12.1 Å². The van der Waals surface area contributed by atoms with E-state index in [1.807, 2.05) is 24.3 Å². The Morgan fingerprint density at radius 2 is 1.38 bits per heavy atom. The van der Waals surface area contributed by atoms with Gasteiger partial charge in [-0.3, -0.25) is 0 Å². The smallest absolute Gasteiger partial charge is 0.347 e. The molecule has 0 aliphatic heterocycles. The minimum Gasteiger partial charge on any atom is -0.507 e. The molecular weight excluding hydrogens is 424 g/mol. The monoisotopic (exact) mass is 460 g/mol. The predicted molar refractivity (Wildman–Crippen MR) is 131 cm³/mol. The van der Waals surface area contributed by atoms with Gasteiger partial charge in [-0.25, -0.2) is 4.79 Å². The zero-order chi connectivity index (χ0) is 24.3. The number of carbonyl (C=O) groups is 1. The van der Waals surface area contributed by atoms with Crippen LogP contribution in [-0.2, 0) is 22.0 Å². The number of rotatable bonds is 8. The Labute approximate surface area is 196 Å². The van der Waals surface area contributed by atoms with E-state index in [0.717, 1.165) is 34.6 Å². The molecule has 5 nitrogen and oxygen atoms in total. The summed E-state index contributed by atoms with van der Waals surface area (Å²) in [5.74, 6) is 1.35. The van der Waals surface area contributed by atoms with Crippen molar-refractivity contribution in [3.8, 4) is 17.2 Å². The van der Waals surface area contributed by atoms with Crippen LogP contribution in [0.3, 0.4) is 0 Å². The molecule has 2 rings (SSSR count). The van der Waals surface area contributed by atoms with E-state index >= 15 is 0 Å². The Balaban J connectivity index is 2.01. The lowest BCUT2D eigenvalue weighted by molar-refractivity contribution is -0.152. The van der Waals surface area contributed by atoms with Gasteiger partial charge in [0.05, 0.1) is 12.0 Å². The van der Waals surface area contributed by atoms with E-state index in [1.165, 1.54) is 25.9 Å². The first kappa shape index (κ1) is 25.9. The maximum Gasteiger partial charge on any atom is 0.347 e. The van der Waals surface area contributed by atoms with Crippen LogP contribution in [0.5, 0.6) is 17.2 Å². The normalized spacial score (nSPS) is 12.5. The lowest BCUT2D eigenvalue weighted by Crippen LogP contribution is -2.37. The summed E-state index contributed by atoms with van der Waals surface area (Å²) in [7, 11) is 0. The van der Waals surface area contributed by atoms with Crippen molar-refractivity contribution in [2.45, 2.75) is 78.2 Å². The molecule has 0 radical (unpaired) electrons. The third-order valence-corrected chi connectivity index (χ3v) is 5.82. The van der Waals surface area contributed by atoms with Crippen LogP contribution < -0.4 is 8.92 Å². The number of carboxylic acid groups (broad SMARTS) is 1. The van der Waals surface area contributed by atoms with E-state index in [4.69, 9.17) is 8.92 Å². The Kier molecular flexibility index (Phi) is 7.82. The summed E-state index contributed by atoms with van der Waals surface area (Å²) >= 11 is 1.37. The second-order valence-electron chi connectivity index (χ2n) is 10.6. The fourth-order valence-corrected chi connectivity index (χ4v) is 3.77. The summed E-state index contributed by atoms with van der Waals surface area (Å²) in [5, 5.41) is 20.0. The van der Waals surface area contributed by atoms with Crippen molar-refractivity contribution in [3.05, 3.63) is 53.1 Å². The van der Waals surface area contributed by atoms with Crippen LogP contribution in [0.15, 0.2) is 36.4 Å². The van der Waals surface area contributed by atoms with Crippen LogP contribution in [-0.4, -0.2) is 27.5 Å². The topological polar surface area (TPSA) is 76.0 Å². The first-order valence-corrected chi connectivity index (χ1v) is 11.7. The van der Waals surface area contributed by atoms with Gasteiger partial charge >= 0.3 is 5.97 Å². The van der Waals surface area contributed by atoms with Gasteiger partial charge in [0.1, 0.15) is 17.2 Å². The first-order valence-electron chi connectivity index (χ1n) is 10.8. The number of aryl methyl sites for hydroxylation is 1. The van der Waals surface area contributed by atoms with Crippen LogP contribution in [0.1, 0.15) is 72.1 Å². The summed E-state index contributed by atoms with van der Waals surface area (Å²) in [6.45, 7) is 15.5. The van der Waals surface area contributed by atoms with Gasteiger partial charge in [0.2, 0.25) is 0 Å². The van der Waals surface area contributed by atoms with Crippen LogP contribution in [0.2, 0.25) is 0 Å². The number of phenolic OH excluding ortho intramolecular Hbond substituents is 1. The van der Waals surface area contributed by atoms with Crippen LogP contribution in [0, 0.1) is 0 Å². The molecule has 0 saturated heterocycles. The molecule has 0 unspecified atom stereocenters. The zero-order valence-corrected chi connectivity index (χ0v) is 21.2. The van der Waals surface area contributed by atoms with Gasteiger partial charge in [-0.1, -0.05) is 53.7 Å². The molecule has 0 atom stereocenters.